The molecule has 3 nitrogen and oxygen atoms in total. The summed E-state index contributed by atoms with van der Waals surface area (Å²) in [5.74, 6) is 1.65. The van der Waals surface area contributed by atoms with Crippen molar-refractivity contribution < 1.29 is 9.47 Å². The van der Waals surface area contributed by atoms with E-state index in [1.165, 1.54) is 22.4 Å². The van der Waals surface area contributed by atoms with E-state index < -0.39 is 0 Å². The fourth-order valence-corrected chi connectivity index (χ4v) is 4.33. The Labute approximate surface area is 179 Å². The first kappa shape index (κ1) is 20.1. The summed E-state index contributed by atoms with van der Waals surface area (Å²) in [6, 6.07) is 23.0. The van der Waals surface area contributed by atoms with Crippen LogP contribution >= 0.6 is 0 Å². The molecule has 154 valence electrons. The predicted molar refractivity (Wildman–Crippen MR) is 125 cm³/mol. The van der Waals surface area contributed by atoms with Crippen LogP contribution in [0, 0.1) is 6.92 Å². The molecule has 3 heteroatoms. The lowest BCUT2D eigenvalue weighted by Crippen LogP contribution is -2.41. The van der Waals surface area contributed by atoms with Gasteiger partial charge >= 0.3 is 0 Å². The summed E-state index contributed by atoms with van der Waals surface area (Å²) in [6.45, 7) is 9.27. The predicted octanol–water partition coefficient (Wildman–Crippen LogP) is 6.92. The summed E-state index contributed by atoms with van der Waals surface area (Å²) in [6.07, 6.45) is 2.31. The maximum atomic E-state index is 6.16. The Bertz CT molecular complexity index is 1100. The lowest BCUT2D eigenvalue weighted by atomic mass is 9.88. The number of hydrogen-bond acceptors (Lipinski definition) is 3. The highest BCUT2D eigenvalue weighted by atomic mass is 16.5. The highest BCUT2D eigenvalue weighted by Crippen LogP contribution is 2.47. The second-order valence-corrected chi connectivity index (χ2v) is 8.44. The molecule has 0 radical (unpaired) electrons. The third-order valence-corrected chi connectivity index (χ3v) is 5.60. The van der Waals surface area contributed by atoms with Crippen LogP contribution in [0.5, 0.6) is 11.5 Å². The van der Waals surface area contributed by atoms with E-state index in [1.807, 2.05) is 12.1 Å². The van der Waals surface area contributed by atoms with E-state index in [1.54, 1.807) is 7.11 Å². The maximum Gasteiger partial charge on any atom is 0.142 e. The largest absolute Gasteiger partial charge is 0.495 e. The van der Waals surface area contributed by atoms with Crippen molar-refractivity contribution in [3.63, 3.8) is 0 Å². The summed E-state index contributed by atoms with van der Waals surface area (Å²) in [4.78, 5) is 2.34. The topological polar surface area (TPSA) is 21.7 Å². The van der Waals surface area contributed by atoms with E-state index >= 15 is 0 Å². The second-order valence-electron chi connectivity index (χ2n) is 8.44. The Hall–Kier alpha value is -3.20. The van der Waals surface area contributed by atoms with Crippen LogP contribution in [0.1, 0.15) is 37.5 Å². The van der Waals surface area contributed by atoms with Crippen LogP contribution in [0.4, 0.5) is 11.4 Å². The van der Waals surface area contributed by atoms with Crippen LogP contribution in [0.15, 0.2) is 72.8 Å². The molecule has 0 saturated carbocycles. The van der Waals surface area contributed by atoms with E-state index in [2.05, 4.69) is 93.3 Å². The third-order valence-electron chi connectivity index (χ3n) is 5.60. The van der Waals surface area contributed by atoms with Gasteiger partial charge < -0.3 is 14.4 Å². The summed E-state index contributed by atoms with van der Waals surface area (Å²) in [5.41, 5.74) is 6.90. The molecule has 0 atom stereocenters. The van der Waals surface area contributed by atoms with Crippen molar-refractivity contribution in [1.29, 1.82) is 0 Å². The van der Waals surface area contributed by atoms with Gasteiger partial charge in [-0.05, 0) is 57.0 Å². The zero-order chi connectivity index (χ0) is 21.3. The van der Waals surface area contributed by atoms with Crippen molar-refractivity contribution in [2.45, 2.75) is 39.8 Å². The number of rotatable bonds is 5. The fraction of sp³-hybridized carbons (Fsp3) is 0.259. The van der Waals surface area contributed by atoms with Gasteiger partial charge in [-0.2, -0.15) is 0 Å². The van der Waals surface area contributed by atoms with E-state index in [0.717, 1.165) is 22.7 Å². The number of para-hydroxylation sites is 1. The average molecular weight is 400 g/mol. The molecule has 0 unspecified atom stereocenters. The number of anilines is 2. The number of fused-ring (bicyclic) bond motifs is 1. The molecular weight excluding hydrogens is 370 g/mol. The van der Waals surface area contributed by atoms with Crippen molar-refractivity contribution in [1.82, 2.24) is 0 Å². The fourth-order valence-electron chi connectivity index (χ4n) is 4.33. The van der Waals surface area contributed by atoms with Gasteiger partial charge in [0.1, 0.15) is 18.1 Å². The summed E-state index contributed by atoms with van der Waals surface area (Å²) in [7, 11) is 1.72. The molecular formula is C27H29NO2. The van der Waals surface area contributed by atoms with Crippen molar-refractivity contribution >= 4 is 16.9 Å². The van der Waals surface area contributed by atoms with E-state index in [9.17, 15) is 0 Å². The lowest BCUT2D eigenvalue weighted by Gasteiger charge is -2.43. The zero-order valence-corrected chi connectivity index (χ0v) is 18.4. The molecule has 30 heavy (non-hydrogen) atoms. The Morgan fingerprint density at radius 2 is 1.67 bits per heavy atom. The molecule has 0 spiro atoms. The van der Waals surface area contributed by atoms with Gasteiger partial charge in [-0.15, -0.1) is 0 Å². The van der Waals surface area contributed by atoms with Gasteiger partial charge in [0, 0.05) is 17.3 Å². The first-order chi connectivity index (χ1) is 14.4. The van der Waals surface area contributed by atoms with Gasteiger partial charge in [0.05, 0.1) is 18.3 Å². The summed E-state index contributed by atoms with van der Waals surface area (Å²) >= 11 is 0. The lowest BCUT2D eigenvalue weighted by molar-refractivity contribution is 0.305. The molecule has 3 aromatic carbocycles. The first-order valence-electron chi connectivity index (χ1n) is 10.3. The molecule has 0 N–H and O–H groups in total. The van der Waals surface area contributed by atoms with Crippen molar-refractivity contribution in [3.8, 4) is 11.5 Å². The minimum absolute atomic E-state index is 0.207. The van der Waals surface area contributed by atoms with Gasteiger partial charge in [-0.1, -0.05) is 54.1 Å². The average Bonchev–Trinajstić information content (AvgIpc) is 2.72. The van der Waals surface area contributed by atoms with Crippen molar-refractivity contribution in [3.05, 3.63) is 89.5 Å². The molecule has 1 heterocycles. The Morgan fingerprint density at radius 1 is 0.867 bits per heavy atom. The van der Waals surface area contributed by atoms with Crippen LogP contribution in [0.2, 0.25) is 0 Å². The van der Waals surface area contributed by atoms with E-state index in [0.29, 0.717) is 6.61 Å². The highest BCUT2D eigenvalue weighted by molar-refractivity contribution is 5.87. The van der Waals surface area contributed by atoms with E-state index in [4.69, 9.17) is 9.47 Å². The quantitative estimate of drug-likeness (QED) is 0.465. The minimum Gasteiger partial charge on any atom is -0.495 e. The maximum absolute atomic E-state index is 6.16. The van der Waals surface area contributed by atoms with Crippen LogP contribution in [-0.2, 0) is 6.61 Å². The number of nitrogens with zero attached hydrogens (tertiary/aromatic N) is 1. The number of aryl methyl sites for hydroxylation is 1. The minimum atomic E-state index is -0.207. The van der Waals surface area contributed by atoms with Gasteiger partial charge in [0.15, 0.2) is 0 Å². The third kappa shape index (κ3) is 3.80. The normalized spacial score (nSPS) is 14.7. The molecule has 0 bridgehead atoms. The number of benzene rings is 3. The summed E-state index contributed by atoms with van der Waals surface area (Å²) in [5, 5.41) is 0. The molecule has 1 aliphatic heterocycles. The van der Waals surface area contributed by atoms with Gasteiger partial charge in [-0.3, -0.25) is 0 Å². The molecule has 4 rings (SSSR count). The van der Waals surface area contributed by atoms with Crippen LogP contribution < -0.4 is 14.4 Å². The number of methoxy groups -OCH3 is 1. The smallest absolute Gasteiger partial charge is 0.142 e. The van der Waals surface area contributed by atoms with E-state index in [-0.39, 0.29) is 5.54 Å². The van der Waals surface area contributed by atoms with Gasteiger partial charge in [0.2, 0.25) is 0 Å². The SMILES string of the molecule is COc1ccc(OCc2cccc(C)c2)cc1N1c2ccccc2C(C)=CC1(C)C. The Kier molecular flexibility index (Phi) is 5.29. The molecule has 1 aliphatic rings. The number of allylic oxidation sites excluding steroid dienone is 1. The summed E-state index contributed by atoms with van der Waals surface area (Å²) < 4.78 is 11.9. The number of ether oxygens (including phenoxy) is 2. The molecule has 0 aromatic heterocycles. The first-order valence-corrected chi connectivity index (χ1v) is 10.3. The molecule has 3 aromatic rings. The molecule has 0 aliphatic carbocycles. The van der Waals surface area contributed by atoms with Gasteiger partial charge in [-0.25, -0.2) is 0 Å². The Balaban J connectivity index is 1.73. The van der Waals surface area contributed by atoms with Gasteiger partial charge in [0.25, 0.3) is 0 Å². The highest BCUT2D eigenvalue weighted by Gasteiger charge is 2.34. The zero-order valence-electron chi connectivity index (χ0n) is 18.4. The van der Waals surface area contributed by atoms with Crippen molar-refractivity contribution in [2.24, 2.45) is 0 Å². The molecule has 0 saturated heterocycles. The molecule has 0 amide bonds. The Morgan fingerprint density at radius 3 is 2.43 bits per heavy atom. The standard InChI is InChI=1S/C27H29NO2/c1-19-9-8-10-21(15-19)18-30-22-13-14-26(29-5)25(16-22)28-24-12-7-6-11-23(24)20(2)17-27(28,3)4/h6-17H,18H2,1-5H3. The molecule has 0 fully saturated rings. The number of hydrogen-bond donors (Lipinski definition) is 0. The second kappa shape index (κ2) is 7.91. The van der Waals surface area contributed by atoms with Crippen molar-refractivity contribution in [2.75, 3.05) is 12.0 Å². The van der Waals surface area contributed by atoms with Crippen LogP contribution in [0.25, 0.3) is 5.57 Å². The van der Waals surface area contributed by atoms with Crippen LogP contribution in [-0.4, -0.2) is 12.6 Å². The monoisotopic (exact) mass is 399 g/mol. The van der Waals surface area contributed by atoms with Crippen LogP contribution in [0.3, 0.4) is 0 Å².